The monoisotopic (exact) mass is 210 g/mol. The van der Waals surface area contributed by atoms with E-state index in [1.54, 1.807) is 0 Å². The van der Waals surface area contributed by atoms with Gasteiger partial charge < -0.3 is 9.47 Å². The van der Waals surface area contributed by atoms with E-state index in [1.807, 2.05) is 0 Å². The molecule has 0 aromatic heterocycles. The van der Waals surface area contributed by atoms with Crippen LogP contribution in [0.5, 0.6) is 5.75 Å². The Morgan fingerprint density at radius 1 is 1.53 bits per heavy atom. The topological polar surface area (TPSA) is 35.5 Å². The summed E-state index contributed by atoms with van der Waals surface area (Å²) in [5, 5.41) is 0. The molecule has 0 saturated carbocycles. The van der Waals surface area contributed by atoms with Gasteiger partial charge in [0.2, 0.25) is 0 Å². The van der Waals surface area contributed by atoms with E-state index in [4.69, 9.17) is 9.47 Å². The summed E-state index contributed by atoms with van der Waals surface area (Å²) in [6.07, 6.45) is 1.36. The fraction of sp³-hybridized carbons (Fsp3) is 0.364. The zero-order chi connectivity index (χ0) is 10.7. The molecule has 0 bridgehead atoms. The third-order valence-electron chi connectivity index (χ3n) is 2.28. The third kappa shape index (κ3) is 2.33. The number of ether oxygens (including phenoxy) is 2. The summed E-state index contributed by atoms with van der Waals surface area (Å²) in [7, 11) is 0. The van der Waals surface area contributed by atoms with Crippen molar-refractivity contribution in [2.24, 2.45) is 0 Å². The summed E-state index contributed by atoms with van der Waals surface area (Å²) in [4.78, 5) is 10.7. The van der Waals surface area contributed by atoms with E-state index in [0.717, 1.165) is 12.5 Å². The van der Waals surface area contributed by atoms with E-state index in [9.17, 15) is 9.18 Å². The van der Waals surface area contributed by atoms with Crippen LogP contribution in [0.25, 0.3) is 0 Å². The summed E-state index contributed by atoms with van der Waals surface area (Å²) in [5.41, 5.74) is 0.238. The second kappa shape index (κ2) is 4.40. The van der Waals surface area contributed by atoms with E-state index in [0.29, 0.717) is 25.2 Å². The van der Waals surface area contributed by atoms with Gasteiger partial charge in [-0.25, -0.2) is 4.39 Å². The molecule has 1 saturated heterocycles. The lowest BCUT2D eigenvalue weighted by molar-refractivity contribution is 0.111. The van der Waals surface area contributed by atoms with Crippen molar-refractivity contribution >= 4 is 6.29 Å². The van der Waals surface area contributed by atoms with Gasteiger partial charge in [-0.3, -0.25) is 4.79 Å². The second-order valence-electron chi connectivity index (χ2n) is 3.40. The number of hydrogen-bond acceptors (Lipinski definition) is 3. The van der Waals surface area contributed by atoms with Crippen LogP contribution in [0.2, 0.25) is 0 Å². The van der Waals surface area contributed by atoms with E-state index in [2.05, 4.69) is 0 Å². The first-order chi connectivity index (χ1) is 7.29. The van der Waals surface area contributed by atoms with Crippen LogP contribution in [-0.2, 0) is 4.74 Å². The molecule has 80 valence electrons. The van der Waals surface area contributed by atoms with Gasteiger partial charge in [-0.05, 0) is 18.2 Å². The Morgan fingerprint density at radius 3 is 3.07 bits per heavy atom. The highest BCUT2D eigenvalue weighted by Gasteiger charge is 2.18. The number of rotatable bonds is 3. The predicted octanol–water partition coefficient (Wildman–Crippen LogP) is 1.81. The van der Waals surface area contributed by atoms with Gasteiger partial charge in [-0.2, -0.15) is 0 Å². The average Bonchev–Trinajstić information content (AvgIpc) is 2.73. The molecule has 0 amide bonds. The van der Waals surface area contributed by atoms with Crippen LogP contribution in [0.4, 0.5) is 4.39 Å². The van der Waals surface area contributed by atoms with Crippen molar-refractivity contribution in [3.63, 3.8) is 0 Å². The highest BCUT2D eigenvalue weighted by molar-refractivity contribution is 5.79. The van der Waals surface area contributed by atoms with Gasteiger partial charge in [0.25, 0.3) is 0 Å². The zero-order valence-electron chi connectivity index (χ0n) is 8.11. The molecule has 3 nitrogen and oxygen atoms in total. The molecule has 1 atom stereocenters. The number of carbonyl (C=O) groups excluding carboxylic acids is 1. The van der Waals surface area contributed by atoms with Gasteiger partial charge in [0.05, 0.1) is 18.8 Å². The maximum atomic E-state index is 12.8. The molecule has 1 aliphatic rings. The van der Waals surface area contributed by atoms with E-state index < -0.39 is 5.82 Å². The van der Waals surface area contributed by atoms with Crippen LogP contribution in [0.15, 0.2) is 18.2 Å². The molecule has 1 heterocycles. The molecular formula is C11H11FO3. The largest absolute Gasteiger partial charge is 0.487 e. The minimum absolute atomic E-state index is 0.0332. The number of aldehydes is 1. The summed E-state index contributed by atoms with van der Waals surface area (Å²) in [6, 6.07) is 3.91. The lowest BCUT2D eigenvalue weighted by Gasteiger charge is -2.13. The lowest BCUT2D eigenvalue weighted by atomic mass is 10.2. The van der Waals surface area contributed by atoms with Crippen molar-refractivity contribution in [2.75, 3.05) is 13.2 Å². The first kappa shape index (κ1) is 10.1. The van der Waals surface area contributed by atoms with Gasteiger partial charge in [-0.15, -0.1) is 0 Å². The van der Waals surface area contributed by atoms with Crippen LogP contribution in [0.3, 0.4) is 0 Å². The third-order valence-corrected chi connectivity index (χ3v) is 2.28. The summed E-state index contributed by atoms with van der Waals surface area (Å²) in [5.74, 6) is -0.0194. The van der Waals surface area contributed by atoms with Gasteiger partial charge in [-0.1, -0.05) is 0 Å². The molecule has 15 heavy (non-hydrogen) atoms. The molecule has 0 aliphatic carbocycles. The Balaban J connectivity index is 2.15. The molecular weight excluding hydrogens is 199 g/mol. The fourth-order valence-electron chi connectivity index (χ4n) is 1.50. The number of halogens is 1. The van der Waals surface area contributed by atoms with Crippen molar-refractivity contribution in [1.82, 2.24) is 0 Å². The summed E-state index contributed by atoms with van der Waals surface area (Å²) in [6.45, 7) is 1.19. The smallest absolute Gasteiger partial charge is 0.153 e. The van der Waals surface area contributed by atoms with Crippen LogP contribution in [0.1, 0.15) is 16.8 Å². The fourth-order valence-corrected chi connectivity index (χ4v) is 1.50. The molecule has 1 aromatic carbocycles. The number of hydrogen-bond donors (Lipinski definition) is 0. The maximum absolute atomic E-state index is 12.8. The van der Waals surface area contributed by atoms with Gasteiger partial charge in [0.1, 0.15) is 17.7 Å². The number of benzene rings is 1. The Hall–Kier alpha value is -1.42. The quantitative estimate of drug-likeness (QED) is 0.714. The summed E-state index contributed by atoms with van der Waals surface area (Å²) >= 11 is 0. The summed E-state index contributed by atoms with van der Waals surface area (Å²) < 4.78 is 23.5. The van der Waals surface area contributed by atoms with Gasteiger partial charge >= 0.3 is 0 Å². The van der Waals surface area contributed by atoms with Crippen molar-refractivity contribution in [3.8, 4) is 5.75 Å². The van der Waals surface area contributed by atoms with Crippen LogP contribution in [-0.4, -0.2) is 25.6 Å². The average molecular weight is 210 g/mol. The van der Waals surface area contributed by atoms with Crippen LogP contribution in [0, 0.1) is 5.82 Å². The minimum Gasteiger partial charge on any atom is -0.487 e. The molecule has 1 fully saturated rings. The van der Waals surface area contributed by atoms with E-state index >= 15 is 0 Å². The highest BCUT2D eigenvalue weighted by Crippen LogP contribution is 2.21. The maximum Gasteiger partial charge on any atom is 0.153 e. The molecule has 0 N–H and O–H groups in total. The minimum atomic E-state index is -0.438. The molecule has 0 radical (unpaired) electrons. The SMILES string of the molecule is O=Cc1cc(F)ccc1OC1CCOC1. The standard InChI is InChI=1S/C11H11FO3/c12-9-1-2-11(8(5-9)6-13)15-10-3-4-14-7-10/h1-2,5-6,10H,3-4,7H2. The molecule has 4 heteroatoms. The zero-order valence-corrected chi connectivity index (χ0v) is 8.11. The van der Waals surface area contributed by atoms with Gasteiger partial charge in [0.15, 0.2) is 6.29 Å². The normalized spacial score (nSPS) is 20.2. The van der Waals surface area contributed by atoms with Crippen molar-refractivity contribution in [1.29, 1.82) is 0 Å². The highest BCUT2D eigenvalue weighted by atomic mass is 19.1. The lowest BCUT2D eigenvalue weighted by Crippen LogP contribution is -2.16. The van der Waals surface area contributed by atoms with Crippen LogP contribution < -0.4 is 4.74 Å². The Labute approximate surface area is 86.8 Å². The van der Waals surface area contributed by atoms with Gasteiger partial charge in [0, 0.05) is 6.42 Å². The predicted molar refractivity (Wildman–Crippen MR) is 51.6 cm³/mol. The Bertz CT molecular complexity index is 359. The molecule has 0 spiro atoms. The molecule has 1 aliphatic heterocycles. The first-order valence-corrected chi connectivity index (χ1v) is 4.79. The van der Waals surface area contributed by atoms with Crippen molar-refractivity contribution in [2.45, 2.75) is 12.5 Å². The molecule has 1 aromatic rings. The molecule has 2 rings (SSSR count). The first-order valence-electron chi connectivity index (χ1n) is 4.79. The Morgan fingerprint density at radius 2 is 2.40 bits per heavy atom. The second-order valence-corrected chi connectivity index (χ2v) is 3.40. The van der Waals surface area contributed by atoms with Crippen molar-refractivity contribution < 1.29 is 18.7 Å². The number of carbonyl (C=O) groups is 1. The van der Waals surface area contributed by atoms with Crippen LogP contribution >= 0.6 is 0 Å². The van der Waals surface area contributed by atoms with Crippen molar-refractivity contribution in [3.05, 3.63) is 29.6 Å². The van der Waals surface area contributed by atoms with E-state index in [-0.39, 0.29) is 11.7 Å². The Kier molecular flexibility index (Phi) is 2.97. The van der Waals surface area contributed by atoms with E-state index in [1.165, 1.54) is 12.1 Å². The molecule has 1 unspecified atom stereocenters.